The number of carbonyl (C=O) groups is 1. The third-order valence-corrected chi connectivity index (χ3v) is 3.28. The van der Waals surface area contributed by atoms with Gasteiger partial charge in [0.25, 0.3) is 5.91 Å². The number of hydrogen-bond donors (Lipinski definition) is 0. The lowest BCUT2D eigenvalue weighted by Gasteiger charge is -2.33. The predicted molar refractivity (Wildman–Crippen MR) is 68.8 cm³/mol. The van der Waals surface area contributed by atoms with Gasteiger partial charge in [-0.05, 0) is 25.5 Å². The second kappa shape index (κ2) is 4.41. The first kappa shape index (κ1) is 12.0. The van der Waals surface area contributed by atoms with E-state index in [0.29, 0.717) is 10.8 Å². The Hall–Kier alpha value is -1.48. The molecule has 1 aromatic carbocycles. The summed E-state index contributed by atoms with van der Waals surface area (Å²) in [6, 6.07) is 3.56. The van der Waals surface area contributed by atoms with Crippen LogP contribution >= 0.6 is 11.6 Å². The number of benzene rings is 1. The highest BCUT2D eigenvalue weighted by Crippen LogP contribution is 2.37. The molecular weight excluding hydrogens is 238 g/mol. The van der Waals surface area contributed by atoms with Gasteiger partial charge in [-0.3, -0.25) is 9.69 Å². The zero-order valence-corrected chi connectivity index (χ0v) is 10.6. The van der Waals surface area contributed by atoms with Crippen LogP contribution in [0.3, 0.4) is 0 Å². The molecule has 1 aromatic rings. The van der Waals surface area contributed by atoms with Crippen LogP contribution in [0.5, 0.6) is 5.75 Å². The minimum Gasteiger partial charge on any atom is -0.482 e. The molecule has 0 aliphatic carbocycles. The van der Waals surface area contributed by atoms with Crippen LogP contribution in [0.25, 0.3) is 0 Å². The molecule has 0 saturated heterocycles. The Morgan fingerprint density at radius 2 is 2.29 bits per heavy atom. The second-order valence-corrected chi connectivity index (χ2v) is 4.51. The summed E-state index contributed by atoms with van der Waals surface area (Å²) in [5.41, 5.74) is 1.68. The fraction of sp³-hybridized carbons (Fsp3) is 0.308. The Balaban J connectivity index is 2.54. The second-order valence-electron chi connectivity index (χ2n) is 4.10. The van der Waals surface area contributed by atoms with E-state index < -0.39 is 0 Å². The molecule has 1 heterocycles. The van der Waals surface area contributed by atoms with Crippen molar-refractivity contribution < 1.29 is 9.53 Å². The number of rotatable bonds is 2. The first-order valence-electron chi connectivity index (χ1n) is 5.42. The Kier molecular flexibility index (Phi) is 3.11. The largest absolute Gasteiger partial charge is 0.482 e. The van der Waals surface area contributed by atoms with Gasteiger partial charge in [-0.2, -0.15) is 0 Å². The summed E-state index contributed by atoms with van der Waals surface area (Å²) in [7, 11) is 0. The van der Waals surface area contributed by atoms with Crippen LogP contribution in [0.4, 0.5) is 5.69 Å². The highest BCUT2D eigenvalue weighted by Gasteiger charge is 2.28. The van der Waals surface area contributed by atoms with Crippen LogP contribution in [0, 0.1) is 6.92 Å². The third-order valence-electron chi connectivity index (χ3n) is 2.87. The van der Waals surface area contributed by atoms with Gasteiger partial charge in [-0.1, -0.05) is 17.7 Å². The monoisotopic (exact) mass is 251 g/mol. The number of amides is 1. The van der Waals surface area contributed by atoms with Crippen LogP contribution in [0.1, 0.15) is 12.5 Å². The van der Waals surface area contributed by atoms with Gasteiger partial charge in [0, 0.05) is 11.1 Å². The molecule has 1 unspecified atom stereocenters. The Bertz CT molecular complexity index is 485. The average Bonchev–Trinajstić information content (AvgIpc) is 2.30. The van der Waals surface area contributed by atoms with Gasteiger partial charge in [0.05, 0.1) is 11.7 Å². The minimum atomic E-state index is -0.0641. The quantitative estimate of drug-likeness (QED) is 0.757. The molecule has 17 heavy (non-hydrogen) atoms. The van der Waals surface area contributed by atoms with Crippen molar-refractivity contribution in [3.8, 4) is 5.75 Å². The average molecular weight is 252 g/mol. The topological polar surface area (TPSA) is 29.5 Å². The molecule has 0 radical (unpaired) electrons. The van der Waals surface area contributed by atoms with Gasteiger partial charge < -0.3 is 4.74 Å². The van der Waals surface area contributed by atoms with Gasteiger partial charge in [-0.15, -0.1) is 6.58 Å². The maximum Gasteiger partial charge on any atom is 0.265 e. The summed E-state index contributed by atoms with van der Waals surface area (Å²) in [5.74, 6) is 0.584. The molecule has 0 bridgehead atoms. The van der Waals surface area contributed by atoms with Gasteiger partial charge in [0.2, 0.25) is 0 Å². The summed E-state index contributed by atoms with van der Waals surface area (Å²) in [6.07, 6.45) is 1.73. The molecule has 4 heteroatoms. The van der Waals surface area contributed by atoms with E-state index in [2.05, 4.69) is 6.58 Å². The molecule has 1 aliphatic heterocycles. The van der Waals surface area contributed by atoms with Crippen molar-refractivity contribution in [2.75, 3.05) is 11.5 Å². The van der Waals surface area contributed by atoms with Crippen molar-refractivity contribution in [3.63, 3.8) is 0 Å². The highest BCUT2D eigenvalue weighted by molar-refractivity contribution is 6.31. The lowest BCUT2D eigenvalue weighted by molar-refractivity contribution is -0.121. The van der Waals surface area contributed by atoms with E-state index in [4.69, 9.17) is 16.3 Å². The van der Waals surface area contributed by atoms with Crippen LogP contribution in [0.2, 0.25) is 5.02 Å². The Labute approximate surface area is 106 Å². The number of hydrogen-bond acceptors (Lipinski definition) is 2. The molecule has 1 amide bonds. The molecule has 2 rings (SSSR count). The van der Waals surface area contributed by atoms with E-state index in [0.717, 1.165) is 11.3 Å². The van der Waals surface area contributed by atoms with Crippen molar-refractivity contribution in [1.29, 1.82) is 0 Å². The number of carbonyl (C=O) groups excluding carboxylic acids is 1. The molecule has 0 N–H and O–H groups in total. The summed E-state index contributed by atoms with van der Waals surface area (Å²) in [4.78, 5) is 13.6. The lowest BCUT2D eigenvalue weighted by Crippen LogP contribution is -2.43. The molecule has 1 aliphatic rings. The number of anilines is 1. The fourth-order valence-electron chi connectivity index (χ4n) is 1.85. The Morgan fingerprint density at radius 3 is 2.94 bits per heavy atom. The highest BCUT2D eigenvalue weighted by atomic mass is 35.5. The molecule has 90 valence electrons. The summed E-state index contributed by atoms with van der Waals surface area (Å²) >= 11 is 6.04. The van der Waals surface area contributed by atoms with E-state index in [1.807, 2.05) is 19.9 Å². The molecular formula is C13H14ClNO2. The third kappa shape index (κ3) is 2.03. The molecule has 0 fully saturated rings. The van der Waals surface area contributed by atoms with Crippen molar-refractivity contribution in [3.05, 3.63) is 35.4 Å². The number of halogens is 1. The van der Waals surface area contributed by atoms with Crippen molar-refractivity contribution >= 4 is 23.2 Å². The van der Waals surface area contributed by atoms with E-state index in [9.17, 15) is 4.79 Å². The first-order valence-corrected chi connectivity index (χ1v) is 5.80. The van der Waals surface area contributed by atoms with Crippen molar-refractivity contribution in [1.82, 2.24) is 0 Å². The SMILES string of the molecule is C=CC(C)N1C(=O)COc2cc(Cl)c(C)cc21. The molecule has 0 aromatic heterocycles. The maximum absolute atomic E-state index is 11.9. The number of nitrogens with zero attached hydrogens (tertiary/aromatic N) is 1. The zero-order chi connectivity index (χ0) is 12.6. The summed E-state index contributed by atoms with van der Waals surface area (Å²) in [5, 5.41) is 0.643. The number of ether oxygens (including phenoxy) is 1. The lowest BCUT2D eigenvalue weighted by atomic mass is 10.1. The van der Waals surface area contributed by atoms with Crippen LogP contribution in [-0.4, -0.2) is 18.6 Å². The Morgan fingerprint density at radius 1 is 1.59 bits per heavy atom. The molecule has 0 saturated carbocycles. The fourth-order valence-corrected chi connectivity index (χ4v) is 2.00. The van der Waals surface area contributed by atoms with Crippen molar-refractivity contribution in [2.24, 2.45) is 0 Å². The number of aryl methyl sites for hydroxylation is 1. The number of fused-ring (bicyclic) bond motifs is 1. The van der Waals surface area contributed by atoms with Gasteiger partial charge in [-0.25, -0.2) is 0 Å². The van der Waals surface area contributed by atoms with Gasteiger partial charge in [0.1, 0.15) is 5.75 Å². The van der Waals surface area contributed by atoms with E-state index in [-0.39, 0.29) is 18.6 Å². The summed E-state index contributed by atoms with van der Waals surface area (Å²) < 4.78 is 5.39. The minimum absolute atomic E-state index is 0.0462. The smallest absolute Gasteiger partial charge is 0.265 e. The van der Waals surface area contributed by atoms with E-state index in [1.165, 1.54) is 0 Å². The van der Waals surface area contributed by atoms with Crippen LogP contribution in [-0.2, 0) is 4.79 Å². The van der Waals surface area contributed by atoms with Crippen molar-refractivity contribution in [2.45, 2.75) is 19.9 Å². The van der Waals surface area contributed by atoms with Gasteiger partial charge in [0.15, 0.2) is 6.61 Å². The van der Waals surface area contributed by atoms with Gasteiger partial charge >= 0.3 is 0 Å². The normalized spacial score (nSPS) is 16.2. The standard InChI is InChI=1S/C13H14ClNO2/c1-4-9(3)15-11-5-8(2)10(14)6-12(11)17-7-13(15)16/h4-6,9H,1,7H2,2-3H3. The summed E-state index contributed by atoms with van der Waals surface area (Å²) in [6.45, 7) is 7.59. The molecule has 3 nitrogen and oxygen atoms in total. The molecule has 1 atom stereocenters. The first-order chi connectivity index (χ1) is 8.04. The zero-order valence-electron chi connectivity index (χ0n) is 9.87. The van der Waals surface area contributed by atoms with Crippen LogP contribution in [0.15, 0.2) is 24.8 Å². The van der Waals surface area contributed by atoms with Crippen LogP contribution < -0.4 is 9.64 Å². The van der Waals surface area contributed by atoms with E-state index >= 15 is 0 Å². The van der Waals surface area contributed by atoms with E-state index in [1.54, 1.807) is 17.0 Å². The molecule has 0 spiro atoms. The predicted octanol–water partition coefficient (Wildman–Crippen LogP) is 2.95. The maximum atomic E-state index is 11.9.